The van der Waals surface area contributed by atoms with Crippen LogP contribution in [0.2, 0.25) is 0 Å². The summed E-state index contributed by atoms with van der Waals surface area (Å²) in [5.41, 5.74) is 0.887. The molecule has 0 aromatic heterocycles. The summed E-state index contributed by atoms with van der Waals surface area (Å²) in [6, 6.07) is 14.0. The third kappa shape index (κ3) is 4.45. The number of nitrogens with one attached hydrogen (secondary N) is 1. The summed E-state index contributed by atoms with van der Waals surface area (Å²) >= 11 is 2.14. The summed E-state index contributed by atoms with van der Waals surface area (Å²) in [7, 11) is 1.31. The summed E-state index contributed by atoms with van der Waals surface area (Å²) in [4.78, 5) is 23.3. The van der Waals surface area contributed by atoms with Crippen molar-refractivity contribution in [2.75, 3.05) is 19.0 Å². The first-order valence-corrected chi connectivity index (χ1v) is 7.53. The molecular weight excluding hydrogens is 397 g/mol. The summed E-state index contributed by atoms with van der Waals surface area (Å²) in [6.07, 6.45) is 0. The Hall–Kier alpha value is -2.09. The predicted molar refractivity (Wildman–Crippen MR) is 91.1 cm³/mol. The van der Waals surface area contributed by atoms with Gasteiger partial charge in [-0.1, -0.05) is 18.2 Å². The fourth-order valence-electron chi connectivity index (χ4n) is 1.74. The van der Waals surface area contributed by atoms with Crippen molar-refractivity contribution in [3.8, 4) is 5.75 Å². The molecule has 5 nitrogen and oxygen atoms in total. The van der Waals surface area contributed by atoms with Crippen LogP contribution in [-0.2, 0) is 9.53 Å². The van der Waals surface area contributed by atoms with Crippen LogP contribution in [0, 0.1) is 3.57 Å². The van der Waals surface area contributed by atoms with Gasteiger partial charge in [0.1, 0.15) is 5.75 Å². The molecule has 1 N–H and O–H groups in total. The maximum absolute atomic E-state index is 11.9. The van der Waals surface area contributed by atoms with Gasteiger partial charge in [0.15, 0.2) is 6.61 Å². The van der Waals surface area contributed by atoms with E-state index in [0.717, 1.165) is 3.57 Å². The third-order valence-corrected chi connectivity index (χ3v) is 3.65. The molecule has 0 atom stereocenters. The number of carbonyl (C=O) groups excluding carboxylic acids is 2. The van der Waals surface area contributed by atoms with Gasteiger partial charge in [0.05, 0.1) is 16.2 Å². The maximum atomic E-state index is 11.9. The van der Waals surface area contributed by atoms with E-state index in [1.807, 2.05) is 18.2 Å². The molecule has 0 bridgehead atoms. The second kappa shape index (κ2) is 7.79. The molecule has 0 aliphatic heterocycles. The van der Waals surface area contributed by atoms with E-state index in [1.54, 1.807) is 30.3 Å². The molecule has 2 aromatic rings. The number of anilines is 1. The molecule has 0 fully saturated rings. The largest absolute Gasteiger partial charge is 0.483 e. The number of ether oxygens (including phenoxy) is 2. The number of rotatable bonds is 5. The molecule has 22 heavy (non-hydrogen) atoms. The van der Waals surface area contributed by atoms with Gasteiger partial charge in [-0.3, -0.25) is 4.79 Å². The highest BCUT2D eigenvalue weighted by Crippen LogP contribution is 2.19. The van der Waals surface area contributed by atoms with Crippen LogP contribution in [0.3, 0.4) is 0 Å². The Balaban J connectivity index is 1.95. The van der Waals surface area contributed by atoms with Gasteiger partial charge in [-0.05, 0) is 52.9 Å². The van der Waals surface area contributed by atoms with Gasteiger partial charge in [0.25, 0.3) is 5.91 Å². The molecule has 114 valence electrons. The lowest BCUT2D eigenvalue weighted by atomic mass is 10.2. The van der Waals surface area contributed by atoms with Crippen LogP contribution in [0.1, 0.15) is 10.4 Å². The van der Waals surface area contributed by atoms with Crippen molar-refractivity contribution in [1.29, 1.82) is 0 Å². The number of methoxy groups -OCH3 is 1. The Morgan fingerprint density at radius 3 is 2.64 bits per heavy atom. The van der Waals surface area contributed by atoms with Crippen molar-refractivity contribution in [3.05, 3.63) is 57.7 Å². The van der Waals surface area contributed by atoms with E-state index in [1.165, 1.54) is 7.11 Å². The van der Waals surface area contributed by atoms with E-state index in [4.69, 9.17) is 4.74 Å². The number of amides is 1. The SMILES string of the molecule is COC(=O)c1cccc(NC(=O)COc2ccccc2I)c1. The van der Waals surface area contributed by atoms with E-state index in [2.05, 4.69) is 32.6 Å². The number of esters is 1. The molecule has 0 heterocycles. The first-order chi connectivity index (χ1) is 10.6. The number of benzene rings is 2. The predicted octanol–water partition coefficient (Wildman–Crippen LogP) is 3.10. The van der Waals surface area contributed by atoms with Gasteiger partial charge in [0, 0.05) is 5.69 Å². The van der Waals surface area contributed by atoms with E-state index in [-0.39, 0.29) is 12.5 Å². The molecule has 0 saturated carbocycles. The number of hydrogen-bond donors (Lipinski definition) is 1. The number of halogens is 1. The molecule has 2 aromatic carbocycles. The maximum Gasteiger partial charge on any atom is 0.337 e. The first kappa shape index (κ1) is 16.3. The molecule has 1 amide bonds. The van der Waals surface area contributed by atoms with Crippen LogP contribution < -0.4 is 10.1 Å². The Morgan fingerprint density at radius 1 is 1.14 bits per heavy atom. The van der Waals surface area contributed by atoms with Gasteiger partial charge in [0.2, 0.25) is 0 Å². The average molecular weight is 411 g/mol. The van der Waals surface area contributed by atoms with Crippen LogP contribution in [0.15, 0.2) is 48.5 Å². The van der Waals surface area contributed by atoms with Crippen molar-refractivity contribution in [1.82, 2.24) is 0 Å². The minimum Gasteiger partial charge on any atom is -0.483 e. The van der Waals surface area contributed by atoms with E-state index in [0.29, 0.717) is 17.0 Å². The quantitative estimate of drug-likeness (QED) is 0.607. The van der Waals surface area contributed by atoms with Crippen LogP contribution in [0.5, 0.6) is 5.75 Å². The zero-order valence-electron chi connectivity index (χ0n) is 11.8. The third-order valence-electron chi connectivity index (χ3n) is 2.76. The average Bonchev–Trinajstić information content (AvgIpc) is 2.53. The second-order valence-electron chi connectivity index (χ2n) is 4.34. The molecule has 2 rings (SSSR count). The zero-order chi connectivity index (χ0) is 15.9. The molecule has 0 radical (unpaired) electrons. The summed E-state index contributed by atoms with van der Waals surface area (Å²) < 4.78 is 11.0. The van der Waals surface area contributed by atoms with Crippen molar-refractivity contribution in [2.45, 2.75) is 0 Å². The first-order valence-electron chi connectivity index (χ1n) is 6.45. The van der Waals surface area contributed by atoms with E-state index in [9.17, 15) is 9.59 Å². The molecule has 0 spiro atoms. The monoisotopic (exact) mass is 411 g/mol. The van der Waals surface area contributed by atoms with Gasteiger partial charge in [-0.25, -0.2) is 4.79 Å². The fourth-order valence-corrected chi connectivity index (χ4v) is 2.29. The molecular formula is C16H14INO4. The van der Waals surface area contributed by atoms with Crippen molar-refractivity contribution >= 4 is 40.2 Å². The van der Waals surface area contributed by atoms with Crippen molar-refractivity contribution < 1.29 is 19.1 Å². The fraction of sp³-hybridized carbons (Fsp3) is 0.125. The topological polar surface area (TPSA) is 64.6 Å². The molecule has 6 heteroatoms. The summed E-state index contributed by atoms with van der Waals surface area (Å²) in [6.45, 7) is -0.109. The highest BCUT2D eigenvalue weighted by Gasteiger charge is 2.09. The Morgan fingerprint density at radius 2 is 1.91 bits per heavy atom. The number of carbonyl (C=O) groups is 2. The molecule has 0 unspecified atom stereocenters. The molecule has 0 aliphatic rings. The van der Waals surface area contributed by atoms with Crippen LogP contribution >= 0.6 is 22.6 Å². The van der Waals surface area contributed by atoms with E-state index < -0.39 is 5.97 Å². The van der Waals surface area contributed by atoms with Crippen LogP contribution in [0.4, 0.5) is 5.69 Å². The van der Waals surface area contributed by atoms with Crippen molar-refractivity contribution in [3.63, 3.8) is 0 Å². The summed E-state index contributed by atoms with van der Waals surface area (Å²) in [5.74, 6) is -0.102. The lowest BCUT2D eigenvalue weighted by molar-refractivity contribution is -0.118. The standard InChI is InChI=1S/C16H14INO4/c1-21-16(20)11-5-4-6-12(9-11)18-15(19)10-22-14-8-3-2-7-13(14)17/h2-9H,10H2,1H3,(H,18,19). The Kier molecular flexibility index (Phi) is 5.76. The van der Waals surface area contributed by atoms with Crippen LogP contribution in [0.25, 0.3) is 0 Å². The van der Waals surface area contributed by atoms with Crippen molar-refractivity contribution in [2.24, 2.45) is 0 Å². The van der Waals surface area contributed by atoms with E-state index >= 15 is 0 Å². The Bertz CT molecular complexity index is 687. The minimum atomic E-state index is -0.453. The smallest absolute Gasteiger partial charge is 0.337 e. The molecule has 0 saturated heterocycles. The highest BCUT2D eigenvalue weighted by molar-refractivity contribution is 14.1. The van der Waals surface area contributed by atoms with Gasteiger partial charge in [-0.15, -0.1) is 0 Å². The molecule has 0 aliphatic carbocycles. The lowest BCUT2D eigenvalue weighted by Crippen LogP contribution is -2.20. The van der Waals surface area contributed by atoms with Crippen LogP contribution in [-0.4, -0.2) is 25.6 Å². The normalized spacial score (nSPS) is 9.91. The number of para-hydroxylation sites is 1. The second-order valence-corrected chi connectivity index (χ2v) is 5.50. The van der Waals surface area contributed by atoms with Gasteiger partial charge in [-0.2, -0.15) is 0 Å². The summed E-state index contributed by atoms with van der Waals surface area (Å²) in [5, 5.41) is 2.68. The van der Waals surface area contributed by atoms with Gasteiger partial charge >= 0.3 is 5.97 Å². The lowest BCUT2D eigenvalue weighted by Gasteiger charge is -2.09. The minimum absolute atomic E-state index is 0.109. The van der Waals surface area contributed by atoms with Gasteiger partial charge < -0.3 is 14.8 Å². The number of hydrogen-bond acceptors (Lipinski definition) is 4. The highest BCUT2D eigenvalue weighted by atomic mass is 127. The Labute approximate surface area is 141 Å². The zero-order valence-corrected chi connectivity index (χ0v) is 14.0.